The van der Waals surface area contributed by atoms with Gasteiger partial charge in [-0.05, 0) is 73.7 Å². The molecule has 0 aliphatic carbocycles. The van der Waals surface area contributed by atoms with E-state index >= 15 is 0 Å². The summed E-state index contributed by atoms with van der Waals surface area (Å²) in [7, 11) is -3.60. The minimum absolute atomic E-state index is 0.0314. The molecule has 0 bridgehead atoms. The number of nitrogens with zero attached hydrogens (tertiary/aromatic N) is 1. The zero-order valence-corrected chi connectivity index (χ0v) is 19.5. The molecule has 4 rings (SSSR count). The molecule has 3 aromatic rings. The molecule has 0 spiro atoms. The van der Waals surface area contributed by atoms with Crippen LogP contribution in [0.2, 0.25) is 0 Å². The van der Waals surface area contributed by atoms with Gasteiger partial charge in [-0.15, -0.1) is 0 Å². The number of aliphatic hydroxyl groups excluding tert-OH is 1. The quantitative estimate of drug-likeness (QED) is 0.501. The summed E-state index contributed by atoms with van der Waals surface area (Å²) in [5.74, 6) is 0. The Bertz CT molecular complexity index is 1210. The van der Waals surface area contributed by atoms with Crippen molar-refractivity contribution in [2.45, 2.75) is 43.0 Å². The molecule has 5 nitrogen and oxygen atoms in total. The fourth-order valence-electron chi connectivity index (χ4n) is 4.28. The highest BCUT2D eigenvalue weighted by Gasteiger charge is 2.35. The van der Waals surface area contributed by atoms with Crippen molar-refractivity contribution >= 4 is 21.2 Å². The van der Waals surface area contributed by atoms with Crippen molar-refractivity contribution in [2.24, 2.45) is 0 Å². The Kier molecular flexibility index (Phi) is 6.65. The lowest BCUT2D eigenvalue weighted by molar-refractivity contribution is 0.299. The van der Waals surface area contributed by atoms with Crippen LogP contribution in [0.1, 0.15) is 28.7 Å². The molecule has 1 heterocycles. The molecule has 1 aliphatic rings. The first-order chi connectivity index (χ1) is 15.4. The molecule has 0 fully saturated rings. The number of aryl methyl sites for hydroxylation is 1. The third kappa shape index (κ3) is 4.31. The monoisotopic (exact) mass is 450 g/mol. The smallest absolute Gasteiger partial charge is 0.210 e. The van der Waals surface area contributed by atoms with Crippen LogP contribution in [0, 0.1) is 13.8 Å². The van der Waals surface area contributed by atoms with Gasteiger partial charge in [-0.3, -0.25) is 0 Å². The fraction of sp³-hybridized carbons (Fsp3) is 0.308. The molecule has 0 radical (unpaired) electrons. The summed E-state index contributed by atoms with van der Waals surface area (Å²) < 4.78 is 26.8. The number of sulfone groups is 1. The second-order valence-corrected chi connectivity index (χ2v) is 10.2. The highest BCUT2D eigenvalue weighted by molar-refractivity contribution is 7.92. The Labute approximate surface area is 190 Å². The summed E-state index contributed by atoms with van der Waals surface area (Å²) in [6.07, 6.45) is 1.36. The lowest BCUT2D eigenvalue weighted by Gasteiger charge is -2.35. The maximum Gasteiger partial charge on any atom is 0.210 e. The average molecular weight is 451 g/mol. The molecular weight excluding hydrogens is 420 g/mol. The molecule has 1 aliphatic heterocycles. The van der Waals surface area contributed by atoms with Crippen LogP contribution < -0.4 is 10.2 Å². The first-order valence-corrected chi connectivity index (χ1v) is 12.5. The lowest BCUT2D eigenvalue weighted by Crippen LogP contribution is -2.30. The fourth-order valence-corrected chi connectivity index (χ4v) is 5.97. The van der Waals surface area contributed by atoms with E-state index in [0.717, 1.165) is 41.9 Å². The molecule has 0 aromatic heterocycles. The van der Waals surface area contributed by atoms with Crippen LogP contribution >= 0.6 is 0 Å². The van der Waals surface area contributed by atoms with Crippen LogP contribution in [0.4, 0.5) is 11.4 Å². The zero-order chi connectivity index (χ0) is 22.7. The summed E-state index contributed by atoms with van der Waals surface area (Å²) in [5.41, 5.74) is 5.72. The molecular formula is C26H30N2O3S. The highest BCUT2D eigenvalue weighted by Crippen LogP contribution is 2.46. The summed E-state index contributed by atoms with van der Waals surface area (Å²) in [6, 6.07) is 19.3. The highest BCUT2D eigenvalue weighted by atomic mass is 32.2. The van der Waals surface area contributed by atoms with Crippen LogP contribution in [-0.4, -0.2) is 33.2 Å². The van der Waals surface area contributed by atoms with Crippen molar-refractivity contribution in [3.63, 3.8) is 0 Å². The lowest BCUT2D eigenvalue weighted by atomic mass is 10.0. The Morgan fingerprint density at radius 3 is 2.44 bits per heavy atom. The molecule has 2 N–H and O–H groups in total. The van der Waals surface area contributed by atoms with Crippen molar-refractivity contribution in [1.82, 2.24) is 5.32 Å². The van der Waals surface area contributed by atoms with Crippen LogP contribution in [-0.2, 0) is 22.8 Å². The largest absolute Gasteiger partial charge is 0.396 e. The van der Waals surface area contributed by atoms with Crippen LogP contribution in [0.3, 0.4) is 0 Å². The second-order valence-electron chi connectivity index (χ2n) is 8.30. The number of anilines is 2. The standard InChI is InChI=1S/C26H30N2O3S/c1-19-9-11-25-26(20(19)2)28(15-6-14-27-18-22-7-4-3-5-8-22)23-17-21(13-16-29)10-12-24(23)32(25,30)31/h3-5,7-12,17,27,29H,6,13-16,18H2,1-2H3. The van der Waals surface area contributed by atoms with Gasteiger partial charge in [-0.25, -0.2) is 8.42 Å². The van der Waals surface area contributed by atoms with Gasteiger partial charge in [0, 0.05) is 19.7 Å². The van der Waals surface area contributed by atoms with Gasteiger partial charge in [0.2, 0.25) is 9.84 Å². The van der Waals surface area contributed by atoms with Gasteiger partial charge >= 0.3 is 0 Å². The molecule has 0 amide bonds. The maximum absolute atomic E-state index is 13.4. The topological polar surface area (TPSA) is 69.6 Å². The van der Waals surface area contributed by atoms with E-state index in [1.165, 1.54) is 5.56 Å². The maximum atomic E-state index is 13.4. The summed E-state index contributed by atoms with van der Waals surface area (Å²) >= 11 is 0. The third-order valence-corrected chi connectivity index (χ3v) is 7.97. The van der Waals surface area contributed by atoms with Crippen LogP contribution in [0.5, 0.6) is 0 Å². The van der Waals surface area contributed by atoms with Gasteiger partial charge in [-0.2, -0.15) is 0 Å². The van der Waals surface area contributed by atoms with E-state index in [1.54, 1.807) is 18.2 Å². The van der Waals surface area contributed by atoms with Crippen molar-refractivity contribution in [3.8, 4) is 0 Å². The molecule has 0 saturated heterocycles. The molecule has 168 valence electrons. The third-order valence-electron chi connectivity index (χ3n) is 6.14. The Hall–Kier alpha value is -2.67. The first kappa shape index (κ1) is 22.5. The van der Waals surface area contributed by atoms with Gasteiger partial charge < -0.3 is 15.3 Å². The van der Waals surface area contributed by atoms with E-state index in [4.69, 9.17) is 0 Å². The number of benzene rings is 3. The Morgan fingerprint density at radius 2 is 1.69 bits per heavy atom. The van der Waals surface area contributed by atoms with Crippen molar-refractivity contribution in [1.29, 1.82) is 0 Å². The molecule has 0 saturated carbocycles. The predicted octanol–water partition coefficient (Wildman–Crippen LogP) is 4.30. The summed E-state index contributed by atoms with van der Waals surface area (Å²) in [6.45, 7) is 6.37. The van der Waals surface area contributed by atoms with E-state index < -0.39 is 9.84 Å². The van der Waals surface area contributed by atoms with Crippen LogP contribution in [0.25, 0.3) is 0 Å². The van der Waals surface area contributed by atoms with Gasteiger partial charge in [-0.1, -0.05) is 42.5 Å². The summed E-state index contributed by atoms with van der Waals surface area (Å²) in [4.78, 5) is 2.87. The summed E-state index contributed by atoms with van der Waals surface area (Å²) in [5, 5.41) is 12.9. The molecule has 32 heavy (non-hydrogen) atoms. The molecule has 6 heteroatoms. The number of fused-ring (bicyclic) bond motifs is 2. The van der Waals surface area contributed by atoms with E-state index in [2.05, 4.69) is 22.3 Å². The average Bonchev–Trinajstić information content (AvgIpc) is 2.78. The van der Waals surface area contributed by atoms with Gasteiger partial charge in [0.1, 0.15) is 0 Å². The van der Waals surface area contributed by atoms with Crippen LogP contribution in [0.15, 0.2) is 70.5 Å². The minimum Gasteiger partial charge on any atom is -0.396 e. The normalized spacial score (nSPS) is 14.2. The van der Waals surface area contributed by atoms with Gasteiger partial charge in [0.15, 0.2) is 0 Å². The number of rotatable bonds is 8. The molecule has 0 atom stereocenters. The molecule has 3 aromatic carbocycles. The van der Waals surface area contributed by atoms with E-state index in [0.29, 0.717) is 28.4 Å². The van der Waals surface area contributed by atoms with Crippen molar-refractivity contribution < 1.29 is 13.5 Å². The first-order valence-electron chi connectivity index (χ1n) is 11.0. The van der Waals surface area contributed by atoms with Crippen molar-refractivity contribution in [3.05, 3.63) is 82.9 Å². The second kappa shape index (κ2) is 9.45. The minimum atomic E-state index is -3.60. The van der Waals surface area contributed by atoms with E-state index in [9.17, 15) is 13.5 Å². The van der Waals surface area contributed by atoms with Gasteiger partial charge in [0.25, 0.3) is 0 Å². The number of hydrogen-bond donors (Lipinski definition) is 2. The Balaban J connectivity index is 1.63. The number of aliphatic hydroxyl groups is 1. The SMILES string of the molecule is Cc1ccc2c(c1C)N(CCCNCc1ccccc1)c1cc(CCO)ccc1S2(=O)=O. The zero-order valence-electron chi connectivity index (χ0n) is 18.6. The van der Waals surface area contributed by atoms with Crippen molar-refractivity contribution in [2.75, 3.05) is 24.6 Å². The van der Waals surface area contributed by atoms with Gasteiger partial charge in [0.05, 0.1) is 21.2 Å². The number of hydrogen-bond acceptors (Lipinski definition) is 5. The Morgan fingerprint density at radius 1 is 0.938 bits per heavy atom. The molecule has 0 unspecified atom stereocenters. The van der Waals surface area contributed by atoms with E-state index in [1.807, 2.05) is 44.2 Å². The number of nitrogens with one attached hydrogen (secondary N) is 1. The van der Waals surface area contributed by atoms with E-state index in [-0.39, 0.29) is 6.61 Å². The predicted molar refractivity (Wildman–Crippen MR) is 128 cm³/mol.